The largest absolute Gasteiger partial charge is 0.478 e. The number of carbonyl (C=O) groups is 4. The van der Waals surface area contributed by atoms with Crippen molar-refractivity contribution in [2.45, 2.75) is 39.5 Å². The number of carboxylic acid groups (broad SMARTS) is 4. The van der Waals surface area contributed by atoms with Gasteiger partial charge in [-0.05, 0) is 51.7 Å². The Balaban J connectivity index is -0.000000187. The molecule has 206 valence electrons. The third-order valence-corrected chi connectivity index (χ3v) is 3.25. The average molecular weight is 519 g/mol. The van der Waals surface area contributed by atoms with Gasteiger partial charge in [-0.15, -0.1) is 0 Å². The van der Waals surface area contributed by atoms with E-state index in [2.05, 4.69) is 13.2 Å². The molecule has 0 atom stereocenters. The van der Waals surface area contributed by atoms with Crippen LogP contribution in [0.2, 0.25) is 0 Å². The lowest BCUT2D eigenvalue weighted by atomic mass is 10.1. The van der Waals surface area contributed by atoms with Crippen molar-refractivity contribution in [3.8, 4) is 0 Å². The van der Waals surface area contributed by atoms with Crippen molar-refractivity contribution in [2.75, 3.05) is 26.4 Å². The zero-order valence-electron chi connectivity index (χ0n) is 20.6. The summed E-state index contributed by atoms with van der Waals surface area (Å²) in [5.41, 5.74) is -0.0278. The van der Waals surface area contributed by atoms with Crippen molar-refractivity contribution in [3.63, 3.8) is 0 Å². The minimum absolute atomic E-state index is 0.176. The van der Waals surface area contributed by atoms with Crippen molar-refractivity contribution in [3.05, 3.63) is 59.7 Å². The highest BCUT2D eigenvalue weighted by Gasteiger charge is 2.13. The second kappa shape index (κ2) is 27.7. The van der Waals surface area contributed by atoms with Gasteiger partial charge >= 0.3 is 23.9 Å². The van der Waals surface area contributed by atoms with E-state index in [9.17, 15) is 19.2 Å². The van der Waals surface area contributed by atoms with Crippen molar-refractivity contribution < 1.29 is 60.0 Å². The molecule has 1 aromatic carbocycles. The smallest absolute Gasteiger partial charge is 0.336 e. The van der Waals surface area contributed by atoms with E-state index in [1.807, 2.05) is 0 Å². The lowest BCUT2D eigenvalue weighted by molar-refractivity contribution is -0.133. The molecule has 1 aromatic rings. The van der Waals surface area contributed by atoms with Gasteiger partial charge in [0.05, 0.1) is 11.1 Å². The number of unbranched alkanes of at least 4 members (excludes halogenated alkanes) is 2. The Bertz CT molecular complexity index is 690. The van der Waals surface area contributed by atoms with Gasteiger partial charge in [0.15, 0.2) is 0 Å². The molecular weight excluding hydrogens is 480 g/mol. The van der Waals surface area contributed by atoms with E-state index in [4.69, 9.17) is 40.9 Å². The van der Waals surface area contributed by atoms with E-state index in [0.717, 1.165) is 25.7 Å². The summed E-state index contributed by atoms with van der Waals surface area (Å²) in [5, 5.41) is 65.2. The Labute approximate surface area is 210 Å². The molecule has 0 saturated heterocycles. The lowest BCUT2D eigenvalue weighted by Crippen LogP contribution is -2.06. The Morgan fingerprint density at radius 1 is 0.583 bits per heavy atom. The summed E-state index contributed by atoms with van der Waals surface area (Å²) in [4.78, 5) is 40.1. The Kier molecular flexibility index (Phi) is 30.4. The highest BCUT2D eigenvalue weighted by molar-refractivity contribution is 6.01. The zero-order chi connectivity index (χ0) is 29.1. The highest BCUT2D eigenvalue weighted by Crippen LogP contribution is 2.07. The van der Waals surface area contributed by atoms with Gasteiger partial charge < -0.3 is 40.9 Å². The molecule has 8 N–H and O–H groups in total. The molecule has 0 aliphatic heterocycles. The minimum Gasteiger partial charge on any atom is -0.478 e. The van der Waals surface area contributed by atoms with Crippen LogP contribution in [-0.4, -0.2) is 91.2 Å². The van der Waals surface area contributed by atoms with Crippen LogP contribution in [0.3, 0.4) is 0 Å². The number of benzene rings is 1. The van der Waals surface area contributed by atoms with E-state index < -0.39 is 23.9 Å². The first kappa shape index (κ1) is 39.6. The fourth-order valence-corrected chi connectivity index (χ4v) is 1.30. The Morgan fingerprint density at radius 3 is 0.889 bits per heavy atom. The van der Waals surface area contributed by atoms with Gasteiger partial charge in [0.1, 0.15) is 0 Å². The van der Waals surface area contributed by atoms with Crippen LogP contribution in [0, 0.1) is 0 Å². The van der Waals surface area contributed by atoms with E-state index in [1.165, 1.54) is 38.1 Å². The molecule has 12 heteroatoms. The molecule has 0 radical (unpaired) electrons. The Hall–Kier alpha value is -3.58. The van der Waals surface area contributed by atoms with Crippen LogP contribution in [-0.2, 0) is 9.59 Å². The number of aromatic carboxylic acids is 2. The summed E-state index contributed by atoms with van der Waals surface area (Å²) < 4.78 is 0. The fourth-order valence-electron chi connectivity index (χ4n) is 1.30. The highest BCUT2D eigenvalue weighted by atomic mass is 16.4. The summed E-state index contributed by atoms with van der Waals surface area (Å²) in [7, 11) is 0. The first-order valence-corrected chi connectivity index (χ1v) is 10.5. The first-order valence-electron chi connectivity index (χ1n) is 10.5. The maximum absolute atomic E-state index is 10.5. The fraction of sp³-hybridized carbons (Fsp3) is 0.417. The molecule has 1 rings (SSSR count). The molecule has 0 bridgehead atoms. The average Bonchev–Trinajstić information content (AvgIpc) is 2.82. The lowest BCUT2D eigenvalue weighted by Gasteiger charge is -1.98. The summed E-state index contributed by atoms with van der Waals surface area (Å²) in [6.45, 7) is 9.98. The molecule has 0 aliphatic carbocycles. The molecule has 0 aliphatic rings. The van der Waals surface area contributed by atoms with Crippen molar-refractivity contribution >= 4 is 23.9 Å². The summed E-state index contributed by atoms with van der Waals surface area (Å²) in [5.74, 6) is -4.33. The molecule has 0 amide bonds. The van der Waals surface area contributed by atoms with Gasteiger partial charge in [-0.25, -0.2) is 19.2 Å². The van der Waals surface area contributed by atoms with Crippen molar-refractivity contribution in [1.29, 1.82) is 0 Å². The van der Waals surface area contributed by atoms with Crippen molar-refractivity contribution in [2.24, 2.45) is 0 Å². The summed E-state index contributed by atoms with van der Waals surface area (Å²) >= 11 is 0. The van der Waals surface area contributed by atoms with Crippen LogP contribution >= 0.6 is 0 Å². The maximum atomic E-state index is 10.5. The van der Waals surface area contributed by atoms with Gasteiger partial charge in [0, 0.05) is 37.6 Å². The second-order valence-corrected chi connectivity index (χ2v) is 6.64. The molecule has 0 saturated carbocycles. The Morgan fingerprint density at radius 2 is 0.778 bits per heavy atom. The standard InChI is InChI=1S/C8H6O4.2C4H6O2.2C4H10O2/c9-7(10)5-3-1-2-4-6(5)8(11)12;2*1-3(2)4(5)6;2*5-3-1-2-4-6/h1-4H,(H,9,10)(H,11,12);2*1H2,2H3,(H,5,6);2*5-6H,1-4H2. The molecule has 0 fully saturated rings. The van der Waals surface area contributed by atoms with E-state index >= 15 is 0 Å². The van der Waals surface area contributed by atoms with Gasteiger partial charge in [-0.2, -0.15) is 0 Å². The van der Waals surface area contributed by atoms with Gasteiger partial charge in [-0.1, -0.05) is 25.3 Å². The van der Waals surface area contributed by atoms with Crippen molar-refractivity contribution in [1.82, 2.24) is 0 Å². The number of hydrogen-bond donors (Lipinski definition) is 8. The molecule has 0 spiro atoms. The predicted octanol–water partition coefficient (Wildman–Crippen LogP) is 1.88. The third kappa shape index (κ3) is 30.4. The normalized spacial score (nSPS) is 8.61. The van der Waals surface area contributed by atoms with Crippen LogP contribution in [0.15, 0.2) is 48.6 Å². The number of aliphatic hydroxyl groups is 4. The third-order valence-electron chi connectivity index (χ3n) is 3.25. The van der Waals surface area contributed by atoms with Crippen LogP contribution in [0.25, 0.3) is 0 Å². The molecule has 36 heavy (non-hydrogen) atoms. The van der Waals surface area contributed by atoms with Crippen LogP contribution in [0.4, 0.5) is 0 Å². The number of rotatable bonds is 10. The van der Waals surface area contributed by atoms with Gasteiger partial charge in [0.25, 0.3) is 0 Å². The second-order valence-electron chi connectivity index (χ2n) is 6.64. The monoisotopic (exact) mass is 518 g/mol. The molecular formula is C24H38O12. The first-order chi connectivity index (χ1) is 16.7. The van der Waals surface area contributed by atoms with E-state index in [1.54, 1.807) is 0 Å². The topological polar surface area (TPSA) is 230 Å². The van der Waals surface area contributed by atoms with E-state index in [-0.39, 0.29) is 48.7 Å². The zero-order valence-corrected chi connectivity index (χ0v) is 20.6. The SMILES string of the molecule is C=C(C)C(=O)O.C=C(C)C(=O)O.O=C(O)c1ccccc1C(=O)O.OCCCCO.OCCCCO. The van der Waals surface area contributed by atoms with Crippen LogP contribution in [0.5, 0.6) is 0 Å². The number of carboxylic acids is 4. The quantitative estimate of drug-likeness (QED) is 0.164. The molecule has 0 unspecified atom stereocenters. The van der Waals surface area contributed by atoms with Gasteiger partial charge in [0.2, 0.25) is 0 Å². The van der Waals surface area contributed by atoms with Gasteiger partial charge in [-0.3, -0.25) is 0 Å². The summed E-state index contributed by atoms with van der Waals surface area (Å²) in [6.07, 6.45) is 2.88. The molecule has 12 nitrogen and oxygen atoms in total. The number of hydrogen-bond acceptors (Lipinski definition) is 8. The predicted molar refractivity (Wildman–Crippen MR) is 132 cm³/mol. The minimum atomic E-state index is -1.23. The number of aliphatic carboxylic acids is 2. The van der Waals surface area contributed by atoms with Crippen LogP contribution < -0.4 is 0 Å². The van der Waals surface area contributed by atoms with Crippen LogP contribution in [0.1, 0.15) is 60.2 Å². The molecule has 0 heterocycles. The summed E-state index contributed by atoms with van der Waals surface area (Å²) in [6, 6.07) is 5.48. The molecule has 0 aromatic heterocycles. The number of aliphatic hydroxyl groups excluding tert-OH is 4. The van der Waals surface area contributed by atoms with E-state index in [0.29, 0.717) is 0 Å². The maximum Gasteiger partial charge on any atom is 0.336 e.